The number of hydrogen-bond acceptors (Lipinski definition) is 8. The fourth-order valence-corrected chi connectivity index (χ4v) is 5.35. The number of nitrogens with one attached hydrogen (secondary N) is 3. The number of anilines is 5. The molecular formula is C31H32N8O2. The van der Waals surface area contributed by atoms with E-state index in [-0.39, 0.29) is 17.7 Å². The molecule has 0 radical (unpaired) electrons. The van der Waals surface area contributed by atoms with Gasteiger partial charge in [-0.2, -0.15) is 4.98 Å². The first kappa shape index (κ1) is 26.4. The van der Waals surface area contributed by atoms with E-state index in [2.05, 4.69) is 54.1 Å². The quantitative estimate of drug-likeness (QED) is 0.324. The van der Waals surface area contributed by atoms with Crippen LogP contribution in [0.4, 0.5) is 28.8 Å². The number of piperidine rings is 1. The van der Waals surface area contributed by atoms with E-state index in [0.717, 1.165) is 59.7 Å². The lowest BCUT2D eigenvalue weighted by Crippen LogP contribution is -2.39. The molecule has 10 heteroatoms. The molecule has 4 heterocycles. The molecule has 2 aromatic heterocycles. The van der Waals surface area contributed by atoms with Crippen LogP contribution in [-0.4, -0.2) is 49.7 Å². The van der Waals surface area contributed by atoms with Crippen LogP contribution < -0.4 is 16.0 Å². The van der Waals surface area contributed by atoms with Gasteiger partial charge in [0.25, 0.3) is 5.91 Å². The van der Waals surface area contributed by atoms with Crippen molar-refractivity contribution in [1.82, 2.24) is 24.8 Å². The molecule has 0 aliphatic carbocycles. The van der Waals surface area contributed by atoms with Crippen molar-refractivity contribution in [3.05, 3.63) is 89.6 Å². The normalized spacial score (nSPS) is 14.9. The molecule has 0 atom stereocenters. The molecule has 2 amide bonds. The van der Waals surface area contributed by atoms with Crippen LogP contribution in [0.15, 0.2) is 67.3 Å². The van der Waals surface area contributed by atoms with E-state index in [1.165, 1.54) is 18.0 Å². The molecule has 0 spiro atoms. The van der Waals surface area contributed by atoms with Crippen molar-refractivity contribution in [3.8, 4) is 0 Å². The Morgan fingerprint density at radius 3 is 2.66 bits per heavy atom. The third-order valence-corrected chi connectivity index (χ3v) is 7.64. The summed E-state index contributed by atoms with van der Waals surface area (Å²) >= 11 is 0. The van der Waals surface area contributed by atoms with Gasteiger partial charge < -0.3 is 20.9 Å². The van der Waals surface area contributed by atoms with Crippen molar-refractivity contribution < 1.29 is 9.59 Å². The zero-order valence-corrected chi connectivity index (χ0v) is 22.9. The van der Waals surface area contributed by atoms with E-state index in [1.54, 1.807) is 17.3 Å². The first-order valence-corrected chi connectivity index (χ1v) is 13.9. The summed E-state index contributed by atoms with van der Waals surface area (Å²) in [6, 6.07) is 14.2. The van der Waals surface area contributed by atoms with Crippen LogP contribution in [0.25, 0.3) is 0 Å². The van der Waals surface area contributed by atoms with Gasteiger partial charge >= 0.3 is 0 Å². The molecule has 41 heavy (non-hydrogen) atoms. The third-order valence-electron chi connectivity index (χ3n) is 7.64. The number of nitrogens with zero attached hydrogens (tertiary/aromatic N) is 5. The molecule has 1 saturated heterocycles. The summed E-state index contributed by atoms with van der Waals surface area (Å²) in [5.41, 5.74) is 6.17. The Kier molecular flexibility index (Phi) is 7.53. The maximum absolute atomic E-state index is 13.2. The Hall–Kier alpha value is -4.86. The Bertz CT molecular complexity index is 1570. The van der Waals surface area contributed by atoms with Crippen LogP contribution in [-0.2, 0) is 17.6 Å². The maximum atomic E-state index is 13.2. The summed E-state index contributed by atoms with van der Waals surface area (Å²) < 4.78 is 0. The number of aryl methyl sites for hydroxylation is 3. The number of hydrogen-bond donors (Lipinski definition) is 3. The smallest absolute Gasteiger partial charge is 0.274 e. The Morgan fingerprint density at radius 1 is 0.976 bits per heavy atom. The van der Waals surface area contributed by atoms with Crippen molar-refractivity contribution in [3.63, 3.8) is 0 Å². The number of carbonyl (C=O) groups is 2. The molecular weight excluding hydrogens is 516 g/mol. The molecule has 4 aromatic rings. The highest BCUT2D eigenvalue weighted by molar-refractivity contribution is 5.93. The van der Waals surface area contributed by atoms with Gasteiger partial charge in [0.1, 0.15) is 11.5 Å². The monoisotopic (exact) mass is 548 g/mol. The molecule has 0 saturated carbocycles. The topological polar surface area (TPSA) is 125 Å². The second kappa shape index (κ2) is 11.7. The second-order valence-corrected chi connectivity index (χ2v) is 10.6. The standard InChI is InChI=1S/C31H32N8O2/c1-20-18-34-31-36-24-4-2-3-21(15-24)5-6-23-17-25(35-29(20)38-31)7-8-26(23)37-28(40)16-22-9-13-39(14-10-22)30(41)27-19-32-11-12-33-27/h2-4,7-8,11-12,15,17-19,22H,5-6,9-10,13-14,16H2,1H3,(H,37,40)(H2,34,35,36,38). The van der Waals surface area contributed by atoms with Crippen molar-refractivity contribution in [2.45, 2.75) is 39.0 Å². The summed E-state index contributed by atoms with van der Waals surface area (Å²) in [4.78, 5) is 44.9. The van der Waals surface area contributed by atoms with E-state index in [0.29, 0.717) is 31.2 Å². The minimum Gasteiger partial charge on any atom is -0.340 e. The highest BCUT2D eigenvalue weighted by Crippen LogP contribution is 2.29. The van der Waals surface area contributed by atoms with Gasteiger partial charge in [-0.3, -0.25) is 14.6 Å². The van der Waals surface area contributed by atoms with Gasteiger partial charge in [0.15, 0.2) is 0 Å². The van der Waals surface area contributed by atoms with Gasteiger partial charge in [0, 0.05) is 60.7 Å². The summed E-state index contributed by atoms with van der Waals surface area (Å²) in [7, 11) is 0. The lowest BCUT2D eigenvalue weighted by atomic mass is 9.93. The highest BCUT2D eigenvalue weighted by Gasteiger charge is 2.26. The largest absolute Gasteiger partial charge is 0.340 e. The summed E-state index contributed by atoms with van der Waals surface area (Å²) in [6.07, 6.45) is 9.93. The molecule has 1 fully saturated rings. The SMILES string of the molecule is Cc1cnc2nc1Nc1ccc(NC(=O)CC3CCN(C(=O)c4cnccn4)CC3)c(c1)CCc1cccc(c1)N2. The first-order chi connectivity index (χ1) is 20.0. The fraction of sp³-hybridized carbons (Fsp3) is 0.290. The molecule has 6 rings (SSSR count). The average molecular weight is 549 g/mol. The van der Waals surface area contributed by atoms with Gasteiger partial charge in [0.2, 0.25) is 11.9 Å². The van der Waals surface area contributed by atoms with E-state index in [9.17, 15) is 9.59 Å². The number of aromatic nitrogens is 4. The maximum Gasteiger partial charge on any atom is 0.274 e. The third kappa shape index (κ3) is 6.32. The Balaban J connectivity index is 1.14. The molecule has 2 aromatic carbocycles. The summed E-state index contributed by atoms with van der Waals surface area (Å²) in [5.74, 6) is 1.36. The zero-order chi connectivity index (χ0) is 28.2. The predicted molar refractivity (Wildman–Crippen MR) is 158 cm³/mol. The van der Waals surface area contributed by atoms with Crippen LogP contribution in [0.1, 0.15) is 46.4 Å². The van der Waals surface area contributed by atoms with Crippen molar-refractivity contribution in [1.29, 1.82) is 0 Å². The van der Waals surface area contributed by atoms with Crippen LogP contribution in [0.2, 0.25) is 0 Å². The molecule has 3 N–H and O–H groups in total. The minimum absolute atomic E-state index is 0.00828. The van der Waals surface area contributed by atoms with Gasteiger partial charge in [-0.15, -0.1) is 0 Å². The predicted octanol–water partition coefficient (Wildman–Crippen LogP) is 5.04. The minimum atomic E-state index is -0.107. The van der Waals surface area contributed by atoms with Crippen molar-refractivity contribution in [2.24, 2.45) is 5.92 Å². The van der Waals surface area contributed by atoms with Gasteiger partial charge in [-0.25, -0.2) is 9.97 Å². The molecule has 2 aliphatic heterocycles. The molecule has 6 bridgehead atoms. The number of carbonyl (C=O) groups excluding carboxylic acids is 2. The summed E-state index contributed by atoms with van der Waals surface area (Å²) in [5, 5.41) is 9.90. The van der Waals surface area contributed by atoms with Crippen molar-refractivity contribution >= 4 is 40.6 Å². The van der Waals surface area contributed by atoms with E-state index >= 15 is 0 Å². The van der Waals surface area contributed by atoms with Gasteiger partial charge in [0.05, 0.1) is 6.20 Å². The number of rotatable bonds is 4. The number of fused-ring (bicyclic) bond motifs is 6. The van der Waals surface area contributed by atoms with Gasteiger partial charge in [-0.1, -0.05) is 12.1 Å². The Morgan fingerprint density at radius 2 is 1.83 bits per heavy atom. The van der Waals surface area contributed by atoms with E-state index < -0.39 is 0 Å². The van der Waals surface area contributed by atoms with E-state index in [4.69, 9.17) is 0 Å². The highest BCUT2D eigenvalue weighted by atomic mass is 16.2. The zero-order valence-electron chi connectivity index (χ0n) is 22.9. The lowest BCUT2D eigenvalue weighted by molar-refractivity contribution is -0.117. The molecule has 2 aliphatic rings. The first-order valence-electron chi connectivity index (χ1n) is 13.9. The fourth-order valence-electron chi connectivity index (χ4n) is 5.35. The molecule has 208 valence electrons. The molecule has 10 nitrogen and oxygen atoms in total. The Labute approximate surface area is 238 Å². The van der Waals surface area contributed by atoms with Gasteiger partial charge in [-0.05, 0) is 80.0 Å². The van der Waals surface area contributed by atoms with Crippen LogP contribution in [0.5, 0.6) is 0 Å². The van der Waals surface area contributed by atoms with Crippen LogP contribution >= 0.6 is 0 Å². The van der Waals surface area contributed by atoms with E-state index in [1.807, 2.05) is 31.2 Å². The summed E-state index contributed by atoms with van der Waals surface area (Å²) in [6.45, 7) is 3.19. The lowest BCUT2D eigenvalue weighted by Gasteiger charge is -2.31. The van der Waals surface area contributed by atoms with Crippen LogP contribution in [0.3, 0.4) is 0 Å². The average Bonchev–Trinajstić information content (AvgIpc) is 2.99. The number of amides is 2. The number of likely N-dealkylation sites (tertiary alicyclic amines) is 1. The second-order valence-electron chi connectivity index (χ2n) is 10.6. The van der Waals surface area contributed by atoms with Crippen LogP contribution in [0, 0.1) is 12.8 Å². The number of benzene rings is 2. The van der Waals surface area contributed by atoms with Crippen molar-refractivity contribution in [2.75, 3.05) is 29.0 Å². The molecule has 0 unspecified atom stereocenters.